The van der Waals surface area contributed by atoms with E-state index in [0.717, 1.165) is 17.8 Å². The quantitative estimate of drug-likeness (QED) is 0.841. The molecule has 3 heteroatoms. The molecule has 4 aliphatic carbocycles. The van der Waals surface area contributed by atoms with Gasteiger partial charge >= 0.3 is 0 Å². The maximum Gasteiger partial charge on any atom is 0.0554 e. The van der Waals surface area contributed by atoms with Gasteiger partial charge in [-0.25, -0.2) is 0 Å². The topological polar surface area (TPSA) is 54.7 Å². The van der Waals surface area contributed by atoms with Crippen LogP contribution >= 0.6 is 0 Å². The summed E-state index contributed by atoms with van der Waals surface area (Å²) < 4.78 is 0. The van der Waals surface area contributed by atoms with Gasteiger partial charge in [-0.2, -0.15) is 5.10 Å². The van der Waals surface area contributed by atoms with Crippen molar-refractivity contribution in [2.75, 3.05) is 0 Å². The van der Waals surface area contributed by atoms with E-state index in [4.69, 9.17) is 5.73 Å². The molecule has 4 bridgehead atoms. The minimum atomic E-state index is 0.0792. The average molecular weight is 245 g/mol. The van der Waals surface area contributed by atoms with Gasteiger partial charge in [-0.15, -0.1) is 0 Å². The lowest BCUT2D eigenvalue weighted by Crippen LogP contribution is -2.48. The van der Waals surface area contributed by atoms with Crippen LogP contribution in [0.5, 0.6) is 0 Å². The molecule has 0 aromatic carbocycles. The molecule has 1 heterocycles. The van der Waals surface area contributed by atoms with E-state index in [0.29, 0.717) is 5.41 Å². The van der Waals surface area contributed by atoms with Crippen molar-refractivity contribution in [2.45, 2.75) is 56.9 Å². The smallest absolute Gasteiger partial charge is 0.0554 e. The van der Waals surface area contributed by atoms with Gasteiger partial charge < -0.3 is 5.73 Å². The highest BCUT2D eigenvalue weighted by molar-refractivity contribution is 5.32. The zero-order valence-corrected chi connectivity index (χ0v) is 11.2. The van der Waals surface area contributed by atoms with Crippen molar-refractivity contribution in [1.29, 1.82) is 0 Å². The number of nitrogens with one attached hydrogen (secondary N) is 1. The molecule has 0 amide bonds. The van der Waals surface area contributed by atoms with Crippen LogP contribution in [-0.2, 0) is 5.41 Å². The van der Waals surface area contributed by atoms with Crippen LogP contribution < -0.4 is 5.73 Å². The van der Waals surface area contributed by atoms with E-state index >= 15 is 0 Å². The highest BCUT2D eigenvalue weighted by atomic mass is 15.1. The predicted octanol–water partition coefficient (Wildman–Crippen LogP) is 2.90. The zero-order chi connectivity index (χ0) is 12.3. The van der Waals surface area contributed by atoms with Crippen molar-refractivity contribution in [3.63, 3.8) is 0 Å². The third kappa shape index (κ3) is 1.43. The Bertz CT molecular complexity index is 425. The summed E-state index contributed by atoms with van der Waals surface area (Å²) in [4.78, 5) is 0. The third-order valence-electron chi connectivity index (χ3n) is 5.73. The number of rotatable bonds is 2. The Hall–Kier alpha value is -0.830. The first-order valence-electron chi connectivity index (χ1n) is 7.45. The van der Waals surface area contributed by atoms with Gasteiger partial charge in [0.2, 0.25) is 0 Å². The number of hydrogen-bond acceptors (Lipinski definition) is 2. The van der Waals surface area contributed by atoms with E-state index in [-0.39, 0.29) is 6.04 Å². The normalized spacial score (nSPS) is 43.3. The molecular weight excluding hydrogens is 222 g/mol. The third-order valence-corrected chi connectivity index (χ3v) is 5.73. The summed E-state index contributed by atoms with van der Waals surface area (Å²) >= 11 is 0. The summed E-state index contributed by atoms with van der Waals surface area (Å²) in [5.74, 6) is 2.94. The minimum Gasteiger partial charge on any atom is -0.323 e. The molecule has 0 radical (unpaired) electrons. The number of aromatic nitrogens is 2. The number of nitrogens with zero attached hydrogens (tertiary/aromatic N) is 1. The fraction of sp³-hybridized carbons (Fsp3) is 0.800. The van der Waals surface area contributed by atoms with E-state index in [1.807, 2.05) is 0 Å². The number of H-pyrrole nitrogens is 1. The van der Waals surface area contributed by atoms with Gasteiger partial charge in [0, 0.05) is 11.6 Å². The molecule has 1 aromatic rings. The summed E-state index contributed by atoms with van der Waals surface area (Å²) in [7, 11) is 0. The maximum absolute atomic E-state index is 6.11. The summed E-state index contributed by atoms with van der Waals surface area (Å²) in [6.07, 6.45) is 10.7. The van der Waals surface area contributed by atoms with Crippen LogP contribution in [-0.4, -0.2) is 10.2 Å². The van der Waals surface area contributed by atoms with Gasteiger partial charge in [-0.05, 0) is 68.6 Å². The molecule has 0 saturated heterocycles. The van der Waals surface area contributed by atoms with Crippen LogP contribution in [0, 0.1) is 17.8 Å². The molecule has 4 fully saturated rings. The predicted molar refractivity (Wildman–Crippen MR) is 71.0 cm³/mol. The first kappa shape index (κ1) is 11.0. The van der Waals surface area contributed by atoms with E-state index < -0.39 is 0 Å². The first-order valence-corrected chi connectivity index (χ1v) is 7.45. The van der Waals surface area contributed by atoms with E-state index in [2.05, 4.69) is 23.3 Å². The second kappa shape index (κ2) is 3.60. The molecule has 4 aliphatic rings. The molecule has 18 heavy (non-hydrogen) atoms. The molecule has 1 atom stereocenters. The molecular formula is C15H23N3. The van der Waals surface area contributed by atoms with E-state index in [9.17, 15) is 0 Å². The largest absolute Gasteiger partial charge is 0.323 e. The van der Waals surface area contributed by atoms with Gasteiger partial charge in [0.25, 0.3) is 0 Å². The summed E-state index contributed by atoms with van der Waals surface area (Å²) in [6.45, 7) is 2.07. The van der Waals surface area contributed by atoms with Gasteiger partial charge in [0.1, 0.15) is 0 Å². The van der Waals surface area contributed by atoms with Gasteiger partial charge in [0.05, 0.1) is 11.9 Å². The Balaban J connectivity index is 1.77. The summed E-state index contributed by atoms with van der Waals surface area (Å²) in [5, 5.41) is 7.45. The maximum atomic E-state index is 6.11. The second-order valence-electron chi connectivity index (χ2n) is 7.18. The molecule has 98 valence electrons. The Morgan fingerprint density at radius 2 is 1.78 bits per heavy atom. The fourth-order valence-electron chi connectivity index (χ4n) is 5.51. The Morgan fingerprint density at radius 3 is 2.28 bits per heavy atom. The molecule has 1 aromatic heterocycles. The van der Waals surface area contributed by atoms with Gasteiger partial charge in [0.15, 0.2) is 0 Å². The van der Waals surface area contributed by atoms with Gasteiger partial charge in [-0.1, -0.05) is 0 Å². The average Bonchev–Trinajstić information content (AvgIpc) is 2.76. The lowest BCUT2D eigenvalue weighted by molar-refractivity contribution is -0.00568. The lowest BCUT2D eigenvalue weighted by atomic mass is 9.48. The van der Waals surface area contributed by atoms with Crippen molar-refractivity contribution in [1.82, 2.24) is 10.2 Å². The molecule has 3 N–H and O–H groups in total. The van der Waals surface area contributed by atoms with Crippen molar-refractivity contribution >= 4 is 0 Å². The number of nitrogens with two attached hydrogens (primary N) is 1. The zero-order valence-electron chi connectivity index (χ0n) is 11.2. The van der Waals surface area contributed by atoms with Gasteiger partial charge in [-0.3, -0.25) is 5.10 Å². The first-order chi connectivity index (χ1) is 8.66. The lowest BCUT2D eigenvalue weighted by Gasteiger charge is -2.57. The molecule has 4 saturated carbocycles. The van der Waals surface area contributed by atoms with Crippen LogP contribution in [0.4, 0.5) is 0 Å². The Morgan fingerprint density at radius 1 is 1.22 bits per heavy atom. The second-order valence-corrected chi connectivity index (χ2v) is 7.18. The van der Waals surface area contributed by atoms with Crippen molar-refractivity contribution in [3.8, 4) is 0 Å². The molecule has 5 rings (SSSR count). The summed E-state index contributed by atoms with van der Waals surface area (Å²) in [5.41, 5.74) is 9.17. The standard InChI is InChI=1S/C15H23N3/c1-9(16)14-13(8-17-18-14)15-5-10-2-11(6-15)4-12(3-10)7-15/h8-12H,2-7,16H2,1H3,(H,17,18). The van der Waals surface area contributed by atoms with Crippen LogP contribution in [0.3, 0.4) is 0 Å². The number of hydrogen-bond donors (Lipinski definition) is 2. The van der Waals surface area contributed by atoms with Crippen LogP contribution in [0.1, 0.15) is 62.7 Å². The summed E-state index contributed by atoms with van der Waals surface area (Å²) in [6, 6.07) is 0.0792. The van der Waals surface area contributed by atoms with E-state index in [1.54, 1.807) is 0 Å². The molecule has 0 spiro atoms. The van der Waals surface area contributed by atoms with Crippen molar-refractivity contribution in [2.24, 2.45) is 23.5 Å². The van der Waals surface area contributed by atoms with Crippen LogP contribution in [0.2, 0.25) is 0 Å². The highest BCUT2D eigenvalue weighted by Crippen LogP contribution is 2.61. The Kier molecular flexibility index (Phi) is 2.20. The molecule has 1 unspecified atom stereocenters. The SMILES string of the molecule is CC(N)c1[nH]ncc1C12CC3CC(CC(C3)C1)C2. The van der Waals surface area contributed by atoms with Crippen molar-refractivity contribution in [3.05, 3.63) is 17.5 Å². The molecule has 3 nitrogen and oxygen atoms in total. The van der Waals surface area contributed by atoms with Crippen molar-refractivity contribution < 1.29 is 0 Å². The minimum absolute atomic E-state index is 0.0792. The number of aromatic amines is 1. The van der Waals surface area contributed by atoms with Crippen LogP contribution in [0.25, 0.3) is 0 Å². The van der Waals surface area contributed by atoms with E-state index in [1.165, 1.54) is 49.8 Å². The van der Waals surface area contributed by atoms with Crippen LogP contribution in [0.15, 0.2) is 6.20 Å². The highest BCUT2D eigenvalue weighted by Gasteiger charge is 2.52. The monoisotopic (exact) mass is 245 g/mol. The fourth-order valence-corrected chi connectivity index (χ4v) is 5.51. The Labute approximate surface area is 109 Å². The molecule has 0 aliphatic heterocycles.